The van der Waals surface area contributed by atoms with Crippen LogP contribution in [0.1, 0.15) is 27.2 Å². The molecule has 132 valence electrons. The van der Waals surface area contributed by atoms with E-state index in [1.807, 2.05) is 26.8 Å². The summed E-state index contributed by atoms with van der Waals surface area (Å²) in [6.07, 6.45) is 1.03. The first kappa shape index (κ1) is 18.1. The quantitative estimate of drug-likeness (QED) is 0.500. The first-order valence-corrected chi connectivity index (χ1v) is 8.36. The van der Waals surface area contributed by atoms with Crippen LogP contribution in [0.15, 0.2) is 35.3 Å². The van der Waals surface area contributed by atoms with Crippen molar-refractivity contribution in [2.45, 2.75) is 38.8 Å². The van der Waals surface area contributed by atoms with E-state index in [0.717, 1.165) is 19.5 Å². The molecule has 1 saturated heterocycles. The lowest BCUT2D eigenvalue weighted by Gasteiger charge is -2.22. The Kier molecular flexibility index (Phi) is 6.06. The van der Waals surface area contributed by atoms with Crippen molar-refractivity contribution in [2.24, 2.45) is 4.99 Å². The molecule has 0 aliphatic carbocycles. The summed E-state index contributed by atoms with van der Waals surface area (Å²) >= 11 is 0. The molecule has 1 heterocycles. The zero-order chi connectivity index (χ0) is 17.6. The lowest BCUT2D eigenvalue weighted by molar-refractivity contribution is -0.153. The number of hydrogen-bond donors (Lipinski definition) is 2. The number of para-hydroxylation sites is 1. The molecule has 2 rings (SSSR count). The van der Waals surface area contributed by atoms with E-state index in [2.05, 4.69) is 44.8 Å². The van der Waals surface area contributed by atoms with E-state index in [4.69, 9.17) is 4.74 Å². The van der Waals surface area contributed by atoms with Gasteiger partial charge in [-0.25, -0.2) is 0 Å². The van der Waals surface area contributed by atoms with Gasteiger partial charge in [-0.2, -0.15) is 0 Å². The monoisotopic (exact) mass is 332 g/mol. The van der Waals surface area contributed by atoms with Crippen LogP contribution < -0.4 is 15.5 Å². The number of benzene rings is 1. The lowest BCUT2D eigenvalue weighted by atomic mass is 10.2. The topological polar surface area (TPSA) is 66.0 Å². The minimum absolute atomic E-state index is 0.103. The predicted octanol–water partition coefficient (Wildman–Crippen LogP) is 1.77. The largest absolute Gasteiger partial charge is 0.459 e. The van der Waals surface area contributed by atoms with Gasteiger partial charge in [0, 0.05) is 31.9 Å². The molecule has 6 heteroatoms. The fourth-order valence-electron chi connectivity index (χ4n) is 2.67. The summed E-state index contributed by atoms with van der Waals surface area (Å²) in [7, 11) is 1.70. The van der Waals surface area contributed by atoms with Crippen LogP contribution in [-0.4, -0.2) is 50.3 Å². The molecule has 1 aromatic rings. The van der Waals surface area contributed by atoms with Gasteiger partial charge in [-0.05, 0) is 39.3 Å². The second-order valence-electron chi connectivity index (χ2n) is 6.92. The van der Waals surface area contributed by atoms with Crippen LogP contribution in [0.25, 0.3) is 0 Å². The van der Waals surface area contributed by atoms with Crippen molar-refractivity contribution < 1.29 is 9.53 Å². The predicted molar refractivity (Wildman–Crippen MR) is 97.4 cm³/mol. The highest BCUT2D eigenvalue weighted by molar-refractivity contribution is 5.84. The molecular weight excluding hydrogens is 304 g/mol. The Labute approximate surface area is 144 Å². The van der Waals surface area contributed by atoms with Gasteiger partial charge >= 0.3 is 5.97 Å². The molecule has 0 spiro atoms. The Morgan fingerprint density at radius 2 is 2.04 bits per heavy atom. The van der Waals surface area contributed by atoms with Gasteiger partial charge in [0.15, 0.2) is 5.96 Å². The maximum absolute atomic E-state index is 11.8. The molecule has 2 N–H and O–H groups in total. The molecule has 1 aliphatic heterocycles. The molecule has 1 aromatic carbocycles. The molecule has 24 heavy (non-hydrogen) atoms. The Hall–Kier alpha value is -2.24. The van der Waals surface area contributed by atoms with Crippen molar-refractivity contribution in [3.8, 4) is 0 Å². The van der Waals surface area contributed by atoms with Crippen molar-refractivity contribution in [3.05, 3.63) is 30.3 Å². The highest BCUT2D eigenvalue weighted by Crippen LogP contribution is 2.19. The minimum Gasteiger partial charge on any atom is -0.459 e. The molecule has 0 amide bonds. The van der Waals surface area contributed by atoms with E-state index in [9.17, 15) is 4.79 Å². The number of guanidine groups is 1. The fraction of sp³-hybridized carbons (Fsp3) is 0.556. The van der Waals surface area contributed by atoms with Crippen molar-refractivity contribution in [2.75, 3.05) is 31.6 Å². The van der Waals surface area contributed by atoms with Crippen LogP contribution in [0.2, 0.25) is 0 Å². The third-order valence-electron chi connectivity index (χ3n) is 3.69. The molecule has 0 saturated carbocycles. The molecule has 1 aliphatic rings. The normalized spacial score (nSPS) is 18.4. The molecule has 1 fully saturated rings. The van der Waals surface area contributed by atoms with Crippen LogP contribution >= 0.6 is 0 Å². The van der Waals surface area contributed by atoms with Crippen molar-refractivity contribution in [3.63, 3.8) is 0 Å². The van der Waals surface area contributed by atoms with Crippen LogP contribution in [0, 0.1) is 0 Å². The molecule has 1 atom stereocenters. The lowest BCUT2D eigenvalue weighted by Crippen LogP contribution is -2.46. The van der Waals surface area contributed by atoms with E-state index >= 15 is 0 Å². The Balaban J connectivity index is 1.79. The van der Waals surface area contributed by atoms with Crippen LogP contribution in [0.5, 0.6) is 0 Å². The highest BCUT2D eigenvalue weighted by Gasteiger charge is 2.23. The zero-order valence-corrected chi connectivity index (χ0v) is 15.0. The fourth-order valence-corrected chi connectivity index (χ4v) is 2.67. The number of esters is 1. The number of carbonyl (C=O) groups excluding carboxylic acids is 1. The van der Waals surface area contributed by atoms with E-state index in [1.54, 1.807) is 7.05 Å². The summed E-state index contributed by atoms with van der Waals surface area (Å²) in [4.78, 5) is 18.3. The highest BCUT2D eigenvalue weighted by atomic mass is 16.6. The average Bonchev–Trinajstić information content (AvgIpc) is 2.99. The number of aliphatic imine (C=N–C) groups is 1. The van der Waals surface area contributed by atoms with Gasteiger partial charge < -0.3 is 20.3 Å². The number of nitrogens with one attached hydrogen (secondary N) is 2. The summed E-state index contributed by atoms with van der Waals surface area (Å²) in [5.41, 5.74) is 0.760. The average molecular weight is 332 g/mol. The number of carbonyl (C=O) groups is 1. The van der Waals surface area contributed by atoms with E-state index in [0.29, 0.717) is 12.0 Å². The summed E-state index contributed by atoms with van der Waals surface area (Å²) in [5, 5.41) is 6.39. The van der Waals surface area contributed by atoms with Gasteiger partial charge in [0.25, 0.3) is 0 Å². The van der Waals surface area contributed by atoms with Gasteiger partial charge in [-0.1, -0.05) is 18.2 Å². The van der Waals surface area contributed by atoms with Crippen molar-refractivity contribution in [1.29, 1.82) is 0 Å². The first-order chi connectivity index (χ1) is 11.4. The smallest absolute Gasteiger partial charge is 0.325 e. The number of anilines is 1. The maximum atomic E-state index is 11.8. The number of rotatable bonds is 4. The first-order valence-electron chi connectivity index (χ1n) is 8.36. The minimum atomic E-state index is -0.475. The van der Waals surface area contributed by atoms with Gasteiger partial charge in [0.05, 0.1) is 0 Å². The standard InChI is InChI=1S/C18H28N4O2/c1-18(2,3)24-16(23)12-20-17(19-4)21-14-10-11-22(13-14)15-8-6-5-7-9-15/h5-9,14H,10-13H2,1-4H3,(H2,19,20,21). The summed E-state index contributed by atoms with van der Waals surface area (Å²) in [6.45, 7) is 7.59. The van der Waals surface area contributed by atoms with E-state index in [-0.39, 0.29) is 12.5 Å². The SMILES string of the molecule is CN=C(NCC(=O)OC(C)(C)C)NC1CCN(c2ccccc2)C1. The molecule has 6 nitrogen and oxygen atoms in total. The molecular formula is C18H28N4O2. The van der Waals surface area contributed by atoms with Gasteiger partial charge in [0.1, 0.15) is 12.1 Å². The number of hydrogen-bond acceptors (Lipinski definition) is 4. The zero-order valence-electron chi connectivity index (χ0n) is 15.0. The van der Waals surface area contributed by atoms with E-state index in [1.165, 1.54) is 5.69 Å². The van der Waals surface area contributed by atoms with Crippen LogP contribution in [0.4, 0.5) is 5.69 Å². The van der Waals surface area contributed by atoms with Crippen LogP contribution in [-0.2, 0) is 9.53 Å². The Morgan fingerprint density at radius 1 is 1.33 bits per heavy atom. The van der Waals surface area contributed by atoms with Gasteiger partial charge in [0.2, 0.25) is 0 Å². The van der Waals surface area contributed by atoms with Gasteiger partial charge in [-0.15, -0.1) is 0 Å². The molecule has 0 bridgehead atoms. The summed E-state index contributed by atoms with van der Waals surface area (Å²) in [6, 6.07) is 10.7. The maximum Gasteiger partial charge on any atom is 0.325 e. The van der Waals surface area contributed by atoms with Crippen LogP contribution in [0.3, 0.4) is 0 Å². The second-order valence-corrected chi connectivity index (χ2v) is 6.92. The Bertz CT molecular complexity index is 566. The number of nitrogens with zero attached hydrogens (tertiary/aromatic N) is 2. The molecule has 0 radical (unpaired) electrons. The second kappa shape index (κ2) is 8.04. The van der Waals surface area contributed by atoms with E-state index < -0.39 is 5.60 Å². The molecule has 1 unspecified atom stereocenters. The van der Waals surface area contributed by atoms with Crippen molar-refractivity contribution in [1.82, 2.24) is 10.6 Å². The third kappa shape index (κ3) is 5.76. The summed E-state index contributed by atoms with van der Waals surface area (Å²) < 4.78 is 5.29. The van der Waals surface area contributed by atoms with Crippen molar-refractivity contribution >= 4 is 17.6 Å². The Morgan fingerprint density at radius 3 is 2.67 bits per heavy atom. The van der Waals surface area contributed by atoms with Gasteiger partial charge in [-0.3, -0.25) is 9.79 Å². The number of ether oxygens (including phenoxy) is 1. The third-order valence-corrected chi connectivity index (χ3v) is 3.69. The molecule has 0 aromatic heterocycles. The summed E-state index contributed by atoms with van der Waals surface area (Å²) in [5.74, 6) is 0.337.